The van der Waals surface area contributed by atoms with E-state index in [0.717, 1.165) is 16.3 Å². The number of imide groups is 1. The highest BCUT2D eigenvalue weighted by molar-refractivity contribution is 6.34. The number of guanidine groups is 1. The number of carbonyl (C=O) groups excluding carboxylic acids is 3. The van der Waals surface area contributed by atoms with E-state index in [2.05, 4.69) is 4.99 Å². The third-order valence-electron chi connectivity index (χ3n) is 4.80. The van der Waals surface area contributed by atoms with Crippen molar-refractivity contribution >= 4 is 41.1 Å². The number of hydrogen-bond donors (Lipinski definition) is 1. The number of rotatable bonds is 3. The molecule has 2 atom stereocenters. The second kappa shape index (κ2) is 5.98. The van der Waals surface area contributed by atoms with Crippen LogP contribution in [-0.4, -0.2) is 64.3 Å². The number of carbonyl (C=O) groups is 3. The van der Waals surface area contributed by atoms with E-state index in [9.17, 15) is 14.4 Å². The zero-order chi connectivity index (χ0) is 19.5. The summed E-state index contributed by atoms with van der Waals surface area (Å²) in [7, 11) is 1.54. The fourth-order valence-corrected chi connectivity index (χ4v) is 3.81. The first-order valence-electron chi connectivity index (χ1n) is 8.27. The van der Waals surface area contributed by atoms with Crippen LogP contribution in [-0.2, 0) is 9.59 Å². The van der Waals surface area contributed by atoms with Gasteiger partial charge in [-0.2, -0.15) is 0 Å². The maximum absolute atomic E-state index is 12.9. The Hall–Kier alpha value is -3.07. The zero-order valence-electron chi connectivity index (χ0n) is 14.7. The molecule has 3 heterocycles. The number of benzene rings is 1. The van der Waals surface area contributed by atoms with E-state index in [-0.39, 0.29) is 0 Å². The lowest BCUT2D eigenvalue weighted by molar-refractivity contribution is -0.139. The summed E-state index contributed by atoms with van der Waals surface area (Å²) in [5.41, 5.74) is 6.75. The molecule has 1 aromatic rings. The molecule has 0 aliphatic carbocycles. The summed E-state index contributed by atoms with van der Waals surface area (Å²) in [6, 6.07) is 5.94. The third kappa shape index (κ3) is 2.46. The molecule has 1 saturated heterocycles. The Balaban J connectivity index is 1.74. The number of likely N-dealkylation sites (N-methyl/N-ethyl adjacent to an activating group) is 1. The fourth-order valence-electron chi connectivity index (χ4n) is 3.59. The molecule has 9 nitrogen and oxygen atoms in total. The Morgan fingerprint density at radius 2 is 2.00 bits per heavy atom. The van der Waals surface area contributed by atoms with Crippen LogP contribution in [0.4, 0.5) is 10.5 Å². The number of aliphatic imine (C=N–C) groups is 1. The molecule has 0 saturated carbocycles. The molecule has 0 spiro atoms. The molecule has 4 rings (SSSR count). The van der Waals surface area contributed by atoms with Crippen molar-refractivity contribution in [2.45, 2.75) is 19.1 Å². The second-order valence-electron chi connectivity index (χ2n) is 6.54. The van der Waals surface area contributed by atoms with Gasteiger partial charge in [-0.15, -0.1) is 0 Å². The maximum atomic E-state index is 12.9. The van der Waals surface area contributed by atoms with Crippen molar-refractivity contribution < 1.29 is 14.4 Å². The summed E-state index contributed by atoms with van der Waals surface area (Å²) >= 11 is 6.34. The molecule has 2 unspecified atom stereocenters. The van der Waals surface area contributed by atoms with Crippen molar-refractivity contribution in [3.05, 3.63) is 41.2 Å². The van der Waals surface area contributed by atoms with Gasteiger partial charge in [-0.25, -0.2) is 9.79 Å². The first kappa shape index (κ1) is 17.3. The predicted molar refractivity (Wildman–Crippen MR) is 98.6 cm³/mol. The number of nitrogens with zero attached hydrogens (tertiary/aromatic N) is 5. The normalized spacial score (nSPS) is 24.1. The summed E-state index contributed by atoms with van der Waals surface area (Å²) in [6.45, 7) is 1.41. The Bertz CT molecular complexity index is 929. The van der Waals surface area contributed by atoms with Gasteiger partial charge in [-0.1, -0.05) is 23.7 Å². The Morgan fingerprint density at radius 3 is 2.67 bits per heavy atom. The number of amides is 4. The SMILES string of the molecule is CC1=CN2C(=NC3C2C(=O)N(CC(N)=O)C(=O)N3C)N1c1ccccc1Cl. The van der Waals surface area contributed by atoms with Crippen LogP contribution in [0.15, 0.2) is 41.2 Å². The smallest absolute Gasteiger partial charge is 0.328 e. The van der Waals surface area contributed by atoms with Crippen molar-refractivity contribution in [3.63, 3.8) is 0 Å². The number of nitrogens with two attached hydrogens (primary N) is 1. The van der Waals surface area contributed by atoms with E-state index in [1.807, 2.05) is 30.0 Å². The van der Waals surface area contributed by atoms with E-state index in [1.165, 1.54) is 4.90 Å². The molecule has 10 heteroatoms. The molecule has 1 aromatic carbocycles. The zero-order valence-corrected chi connectivity index (χ0v) is 15.4. The van der Waals surface area contributed by atoms with Crippen LogP contribution in [0, 0.1) is 0 Å². The van der Waals surface area contributed by atoms with E-state index in [1.54, 1.807) is 24.2 Å². The van der Waals surface area contributed by atoms with Gasteiger partial charge in [0.15, 0.2) is 12.2 Å². The number of allylic oxidation sites excluding steroid dienone is 1. The molecular formula is C17H17ClN6O3. The molecule has 0 aromatic heterocycles. The molecule has 4 amide bonds. The van der Waals surface area contributed by atoms with Gasteiger partial charge in [-0.3, -0.25) is 19.4 Å². The van der Waals surface area contributed by atoms with Gasteiger partial charge >= 0.3 is 6.03 Å². The lowest BCUT2D eigenvalue weighted by Gasteiger charge is -2.39. The van der Waals surface area contributed by atoms with Crippen LogP contribution < -0.4 is 10.6 Å². The standard InChI is InChI=1S/C17H17ClN6O3/c1-9-7-22-13-14(21(2)17(27)23(15(13)26)8-12(19)25)20-16(22)24(9)11-6-4-3-5-10(11)18/h3-7,13-14H,8H2,1-2H3,(H2,19,25). The van der Waals surface area contributed by atoms with Crippen molar-refractivity contribution in [3.8, 4) is 0 Å². The van der Waals surface area contributed by atoms with Crippen molar-refractivity contribution in [1.29, 1.82) is 0 Å². The first-order chi connectivity index (χ1) is 12.8. The predicted octanol–water partition coefficient (Wildman–Crippen LogP) is 0.767. The number of anilines is 1. The molecule has 3 aliphatic rings. The number of urea groups is 1. The monoisotopic (exact) mass is 388 g/mol. The number of hydrogen-bond acceptors (Lipinski definition) is 6. The largest absolute Gasteiger partial charge is 0.368 e. The molecule has 140 valence electrons. The highest BCUT2D eigenvalue weighted by atomic mass is 35.5. The Kier molecular flexibility index (Phi) is 3.84. The highest BCUT2D eigenvalue weighted by Crippen LogP contribution is 2.38. The van der Waals surface area contributed by atoms with E-state index < -0.39 is 36.6 Å². The van der Waals surface area contributed by atoms with Gasteiger partial charge in [-0.05, 0) is 19.1 Å². The van der Waals surface area contributed by atoms with Crippen molar-refractivity contribution in [1.82, 2.24) is 14.7 Å². The quantitative estimate of drug-likeness (QED) is 0.823. The summed E-state index contributed by atoms with van der Waals surface area (Å²) in [5, 5.41) is 0.538. The molecule has 1 fully saturated rings. The highest BCUT2D eigenvalue weighted by Gasteiger charge is 2.54. The van der Waals surface area contributed by atoms with Crippen LogP contribution in [0.2, 0.25) is 5.02 Å². The Morgan fingerprint density at radius 1 is 1.30 bits per heavy atom. The van der Waals surface area contributed by atoms with E-state index in [0.29, 0.717) is 11.0 Å². The Labute approximate surface area is 160 Å². The minimum absolute atomic E-state index is 0.467. The van der Waals surface area contributed by atoms with Crippen LogP contribution in [0.3, 0.4) is 0 Å². The average molecular weight is 389 g/mol. The maximum Gasteiger partial charge on any atom is 0.328 e. The third-order valence-corrected chi connectivity index (χ3v) is 5.11. The average Bonchev–Trinajstić information content (AvgIpc) is 3.12. The van der Waals surface area contributed by atoms with Crippen molar-refractivity contribution in [2.24, 2.45) is 10.7 Å². The molecule has 3 aliphatic heterocycles. The van der Waals surface area contributed by atoms with E-state index in [4.69, 9.17) is 17.3 Å². The minimum Gasteiger partial charge on any atom is -0.368 e. The second-order valence-corrected chi connectivity index (χ2v) is 6.94. The van der Waals surface area contributed by atoms with E-state index >= 15 is 0 Å². The van der Waals surface area contributed by atoms with Crippen LogP contribution in [0.5, 0.6) is 0 Å². The summed E-state index contributed by atoms with van der Waals surface area (Å²) in [6.07, 6.45) is 1.09. The topological polar surface area (TPSA) is 103 Å². The number of para-hydroxylation sites is 1. The van der Waals surface area contributed by atoms with Crippen LogP contribution in [0.25, 0.3) is 0 Å². The molecular weight excluding hydrogens is 372 g/mol. The molecule has 27 heavy (non-hydrogen) atoms. The first-order valence-corrected chi connectivity index (χ1v) is 8.64. The van der Waals surface area contributed by atoms with Gasteiger partial charge in [0.05, 0.1) is 10.7 Å². The van der Waals surface area contributed by atoms with Gasteiger partial charge in [0.2, 0.25) is 11.9 Å². The lowest BCUT2D eigenvalue weighted by Crippen LogP contribution is -2.65. The molecule has 0 radical (unpaired) electrons. The number of halogens is 1. The van der Waals surface area contributed by atoms with Gasteiger partial charge in [0.25, 0.3) is 5.91 Å². The van der Waals surface area contributed by atoms with Crippen molar-refractivity contribution in [2.75, 3.05) is 18.5 Å². The summed E-state index contributed by atoms with van der Waals surface area (Å²) < 4.78 is 0. The minimum atomic E-state index is -0.760. The lowest BCUT2D eigenvalue weighted by atomic mass is 10.1. The molecule has 0 bridgehead atoms. The number of primary amides is 1. The summed E-state index contributed by atoms with van der Waals surface area (Å²) in [5.74, 6) is -0.760. The molecule has 2 N–H and O–H groups in total. The van der Waals surface area contributed by atoms with Crippen LogP contribution >= 0.6 is 11.6 Å². The van der Waals surface area contributed by atoms with Crippen LogP contribution in [0.1, 0.15) is 6.92 Å². The van der Waals surface area contributed by atoms with Gasteiger partial charge in [0.1, 0.15) is 6.54 Å². The number of fused-ring (bicyclic) bond motifs is 3. The summed E-state index contributed by atoms with van der Waals surface area (Å²) in [4.78, 5) is 47.1. The van der Waals surface area contributed by atoms with Gasteiger partial charge < -0.3 is 15.5 Å². The fraction of sp³-hybridized carbons (Fsp3) is 0.294. The van der Waals surface area contributed by atoms with Gasteiger partial charge in [0, 0.05) is 18.9 Å².